The van der Waals surface area contributed by atoms with Gasteiger partial charge in [-0.3, -0.25) is 0 Å². The summed E-state index contributed by atoms with van der Waals surface area (Å²) in [7, 11) is 2.13. The van der Waals surface area contributed by atoms with Gasteiger partial charge in [-0.25, -0.2) is 15.0 Å². The van der Waals surface area contributed by atoms with Crippen LogP contribution in [0.15, 0.2) is 43.0 Å². The second-order valence-corrected chi connectivity index (χ2v) is 5.21. The summed E-state index contributed by atoms with van der Waals surface area (Å²) >= 11 is 0. The molecule has 0 atom stereocenters. The summed E-state index contributed by atoms with van der Waals surface area (Å²) in [6, 6.07) is 10.4. The van der Waals surface area contributed by atoms with E-state index in [1.54, 1.807) is 6.33 Å². The predicted molar refractivity (Wildman–Crippen MR) is 89.1 cm³/mol. The van der Waals surface area contributed by atoms with Crippen molar-refractivity contribution in [2.45, 2.75) is 12.8 Å². The van der Waals surface area contributed by atoms with Gasteiger partial charge < -0.3 is 15.2 Å². The van der Waals surface area contributed by atoms with Crippen LogP contribution in [0.2, 0.25) is 0 Å². The summed E-state index contributed by atoms with van der Waals surface area (Å²) in [4.78, 5) is 17.8. The first-order valence-corrected chi connectivity index (χ1v) is 7.49. The molecule has 2 heterocycles. The summed E-state index contributed by atoms with van der Waals surface area (Å²) in [5.74, 6) is 0.818. The molecule has 6 nitrogen and oxygen atoms in total. The van der Waals surface area contributed by atoms with E-state index in [1.165, 1.54) is 12.0 Å². The molecule has 0 unspecified atom stereocenters. The van der Waals surface area contributed by atoms with E-state index in [4.69, 9.17) is 0 Å². The van der Waals surface area contributed by atoms with E-state index in [2.05, 4.69) is 61.5 Å². The quantitative estimate of drug-likeness (QED) is 0.656. The van der Waals surface area contributed by atoms with Crippen molar-refractivity contribution >= 4 is 22.7 Å². The number of nitrogens with zero attached hydrogens (tertiary/aromatic N) is 4. The van der Waals surface area contributed by atoms with Gasteiger partial charge >= 0.3 is 0 Å². The molecule has 22 heavy (non-hydrogen) atoms. The monoisotopic (exact) mass is 296 g/mol. The van der Waals surface area contributed by atoms with Gasteiger partial charge in [0.25, 0.3) is 0 Å². The number of imidazole rings is 1. The first kappa shape index (κ1) is 14.3. The van der Waals surface area contributed by atoms with Crippen LogP contribution in [0.4, 0.5) is 11.5 Å². The highest BCUT2D eigenvalue weighted by Crippen LogP contribution is 2.15. The molecular weight excluding hydrogens is 276 g/mol. The van der Waals surface area contributed by atoms with Crippen LogP contribution in [-0.2, 0) is 0 Å². The number of anilines is 2. The van der Waals surface area contributed by atoms with E-state index in [0.29, 0.717) is 5.65 Å². The summed E-state index contributed by atoms with van der Waals surface area (Å²) in [5.41, 5.74) is 2.82. The molecule has 2 N–H and O–H groups in total. The maximum absolute atomic E-state index is 4.26. The SMILES string of the molecule is CN(CCCCNc1ncnc2nc[nH]c12)c1ccccc1. The zero-order chi connectivity index (χ0) is 15.2. The molecule has 114 valence electrons. The molecule has 0 amide bonds. The van der Waals surface area contributed by atoms with Crippen LogP contribution < -0.4 is 10.2 Å². The van der Waals surface area contributed by atoms with Gasteiger partial charge in [-0.15, -0.1) is 0 Å². The average Bonchev–Trinajstić information content (AvgIpc) is 3.04. The Balaban J connectivity index is 1.43. The minimum absolute atomic E-state index is 0.696. The van der Waals surface area contributed by atoms with Crippen molar-refractivity contribution in [3.8, 4) is 0 Å². The molecule has 0 saturated heterocycles. The number of benzene rings is 1. The number of para-hydroxylation sites is 1. The first-order valence-electron chi connectivity index (χ1n) is 7.49. The highest BCUT2D eigenvalue weighted by atomic mass is 15.1. The van der Waals surface area contributed by atoms with Gasteiger partial charge in [0.1, 0.15) is 11.8 Å². The molecular formula is C16H20N6. The minimum Gasteiger partial charge on any atom is -0.375 e. The highest BCUT2D eigenvalue weighted by Gasteiger charge is 2.04. The zero-order valence-corrected chi connectivity index (χ0v) is 12.7. The lowest BCUT2D eigenvalue weighted by atomic mass is 10.2. The number of H-pyrrole nitrogens is 1. The van der Waals surface area contributed by atoms with Crippen LogP contribution in [0.3, 0.4) is 0 Å². The third-order valence-electron chi connectivity index (χ3n) is 3.63. The molecule has 0 spiro atoms. The lowest BCUT2D eigenvalue weighted by Crippen LogP contribution is -2.19. The number of unbranched alkanes of at least 4 members (excludes halogenated alkanes) is 1. The maximum Gasteiger partial charge on any atom is 0.182 e. The first-order chi connectivity index (χ1) is 10.8. The topological polar surface area (TPSA) is 69.7 Å². The van der Waals surface area contributed by atoms with Crippen molar-refractivity contribution in [1.82, 2.24) is 19.9 Å². The van der Waals surface area contributed by atoms with Crippen molar-refractivity contribution in [2.24, 2.45) is 0 Å². The normalized spacial score (nSPS) is 10.8. The maximum atomic E-state index is 4.26. The van der Waals surface area contributed by atoms with Gasteiger partial charge in [-0.05, 0) is 25.0 Å². The highest BCUT2D eigenvalue weighted by molar-refractivity contribution is 5.81. The third kappa shape index (κ3) is 3.33. The van der Waals surface area contributed by atoms with Gasteiger partial charge in [0.05, 0.1) is 6.33 Å². The molecule has 0 radical (unpaired) electrons. The third-order valence-corrected chi connectivity index (χ3v) is 3.63. The van der Waals surface area contributed by atoms with Gasteiger partial charge in [0, 0.05) is 25.8 Å². The molecule has 0 saturated carbocycles. The number of nitrogens with one attached hydrogen (secondary N) is 2. The Morgan fingerprint density at radius 3 is 2.82 bits per heavy atom. The Bertz CT molecular complexity index is 709. The number of aromatic nitrogens is 4. The Morgan fingerprint density at radius 2 is 1.95 bits per heavy atom. The molecule has 6 heteroatoms. The summed E-state index contributed by atoms with van der Waals surface area (Å²) in [6.07, 6.45) is 5.38. The second kappa shape index (κ2) is 6.89. The van der Waals surface area contributed by atoms with E-state index in [9.17, 15) is 0 Å². The van der Waals surface area contributed by atoms with Crippen LogP contribution in [0.1, 0.15) is 12.8 Å². The lowest BCUT2D eigenvalue weighted by molar-refractivity contribution is 0.742. The fourth-order valence-corrected chi connectivity index (χ4v) is 2.39. The smallest absolute Gasteiger partial charge is 0.182 e. The predicted octanol–water partition coefficient (Wildman–Crippen LogP) is 2.68. The molecule has 0 bridgehead atoms. The summed E-state index contributed by atoms with van der Waals surface area (Å²) in [6.45, 7) is 1.92. The number of rotatable bonds is 7. The molecule has 2 aromatic heterocycles. The zero-order valence-electron chi connectivity index (χ0n) is 12.7. The average molecular weight is 296 g/mol. The molecule has 0 aliphatic carbocycles. The van der Waals surface area contributed by atoms with Crippen LogP contribution in [0.5, 0.6) is 0 Å². The molecule has 0 fully saturated rings. The van der Waals surface area contributed by atoms with Crippen molar-refractivity contribution in [3.05, 3.63) is 43.0 Å². The van der Waals surface area contributed by atoms with E-state index >= 15 is 0 Å². The number of hydrogen-bond donors (Lipinski definition) is 2. The number of hydrogen-bond acceptors (Lipinski definition) is 5. The summed E-state index contributed by atoms with van der Waals surface area (Å²) in [5, 5.41) is 3.35. The molecule has 3 rings (SSSR count). The van der Waals surface area contributed by atoms with Gasteiger partial charge in [0.2, 0.25) is 0 Å². The van der Waals surface area contributed by atoms with Crippen LogP contribution >= 0.6 is 0 Å². The van der Waals surface area contributed by atoms with Crippen molar-refractivity contribution < 1.29 is 0 Å². The Hall–Kier alpha value is -2.63. The van der Waals surface area contributed by atoms with Crippen molar-refractivity contribution in [1.29, 1.82) is 0 Å². The van der Waals surface area contributed by atoms with Crippen LogP contribution in [0, 0.1) is 0 Å². The van der Waals surface area contributed by atoms with Crippen molar-refractivity contribution in [2.75, 3.05) is 30.4 Å². The van der Waals surface area contributed by atoms with Gasteiger partial charge in [0.15, 0.2) is 11.5 Å². The Labute approximate surface area is 129 Å². The van der Waals surface area contributed by atoms with E-state index in [-0.39, 0.29) is 0 Å². The van der Waals surface area contributed by atoms with E-state index in [1.807, 2.05) is 6.07 Å². The summed E-state index contributed by atoms with van der Waals surface area (Å²) < 4.78 is 0. The van der Waals surface area contributed by atoms with Gasteiger partial charge in [-0.2, -0.15) is 0 Å². The molecule has 0 aliphatic rings. The number of fused-ring (bicyclic) bond motifs is 1. The largest absolute Gasteiger partial charge is 0.375 e. The van der Waals surface area contributed by atoms with Crippen LogP contribution in [0.25, 0.3) is 11.2 Å². The standard InChI is InChI=1S/C16H20N6/c1-22(13-7-3-2-4-8-13)10-6-5-9-17-15-14-16(19-11-18-14)21-12-20-15/h2-4,7-8,11-12H,5-6,9-10H2,1H3,(H2,17,18,19,20,21). The fourth-order valence-electron chi connectivity index (χ4n) is 2.39. The fraction of sp³-hybridized carbons (Fsp3) is 0.312. The second-order valence-electron chi connectivity index (χ2n) is 5.21. The molecule has 1 aromatic carbocycles. The lowest BCUT2D eigenvalue weighted by Gasteiger charge is -2.19. The van der Waals surface area contributed by atoms with Gasteiger partial charge in [-0.1, -0.05) is 18.2 Å². The Morgan fingerprint density at radius 1 is 1.09 bits per heavy atom. The number of aromatic amines is 1. The minimum atomic E-state index is 0.696. The van der Waals surface area contributed by atoms with E-state index < -0.39 is 0 Å². The molecule has 0 aliphatic heterocycles. The van der Waals surface area contributed by atoms with Crippen LogP contribution in [-0.4, -0.2) is 40.1 Å². The van der Waals surface area contributed by atoms with E-state index in [0.717, 1.165) is 37.3 Å². The van der Waals surface area contributed by atoms with Crippen molar-refractivity contribution in [3.63, 3.8) is 0 Å². The molecule has 3 aromatic rings. The Kier molecular flexibility index (Phi) is 4.48.